The molecule has 3 aromatic heterocycles. The lowest BCUT2D eigenvalue weighted by Crippen LogP contribution is -2.04. The van der Waals surface area contributed by atoms with Gasteiger partial charge >= 0.3 is 0 Å². The van der Waals surface area contributed by atoms with Crippen LogP contribution < -0.4 is 5.32 Å². The van der Waals surface area contributed by atoms with Crippen molar-refractivity contribution in [2.75, 3.05) is 5.32 Å². The van der Waals surface area contributed by atoms with E-state index in [0.717, 1.165) is 32.4 Å². The Kier molecular flexibility index (Phi) is 4.86. The second-order valence-corrected chi connectivity index (χ2v) is 8.19. The standard InChI is InChI=1S/C23H15ClN4OS/c24-15-2-1-3-16(11-15)27-23-18-6-7-25-13-19(18)17-5-4-14(10-20(17)28-23)21(29)12-22-26-8-9-30-22/h1-11,13H,12H2,(H,27,28). The van der Waals surface area contributed by atoms with E-state index in [1.54, 1.807) is 12.4 Å². The molecule has 0 amide bonds. The maximum atomic E-state index is 12.7. The van der Waals surface area contributed by atoms with Gasteiger partial charge in [0.25, 0.3) is 0 Å². The quantitative estimate of drug-likeness (QED) is 0.271. The van der Waals surface area contributed by atoms with Crippen LogP contribution in [0.15, 0.2) is 72.5 Å². The molecule has 0 unspecified atom stereocenters. The molecule has 146 valence electrons. The van der Waals surface area contributed by atoms with Crippen LogP contribution in [-0.4, -0.2) is 20.7 Å². The summed E-state index contributed by atoms with van der Waals surface area (Å²) >= 11 is 7.61. The van der Waals surface area contributed by atoms with E-state index in [4.69, 9.17) is 16.6 Å². The average molecular weight is 431 g/mol. The molecular weight excluding hydrogens is 416 g/mol. The van der Waals surface area contributed by atoms with E-state index < -0.39 is 0 Å². The number of nitrogens with zero attached hydrogens (tertiary/aromatic N) is 3. The average Bonchev–Trinajstić information content (AvgIpc) is 3.26. The van der Waals surface area contributed by atoms with Crippen LogP contribution in [0.25, 0.3) is 21.7 Å². The lowest BCUT2D eigenvalue weighted by molar-refractivity contribution is 0.0993. The van der Waals surface area contributed by atoms with E-state index in [1.165, 1.54) is 11.3 Å². The summed E-state index contributed by atoms with van der Waals surface area (Å²) in [7, 11) is 0. The SMILES string of the molecule is O=C(Cc1nccs1)c1ccc2c(c1)nc(Nc1cccc(Cl)c1)c1ccncc12. The Morgan fingerprint density at radius 1 is 1.03 bits per heavy atom. The van der Waals surface area contributed by atoms with Crippen LogP contribution in [0.4, 0.5) is 11.5 Å². The second kappa shape index (κ2) is 7.82. The molecule has 0 aliphatic heterocycles. The number of ketones is 1. The van der Waals surface area contributed by atoms with Gasteiger partial charge < -0.3 is 5.32 Å². The van der Waals surface area contributed by atoms with Gasteiger partial charge in [0, 0.05) is 56.4 Å². The first-order valence-corrected chi connectivity index (χ1v) is 10.5. The third kappa shape index (κ3) is 3.63. The first-order valence-electron chi connectivity index (χ1n) is 9.29. The van der Waals surface area contributed by atoms with Gasteiger partial charge in [-0.15, -0.1) is 11.3 Å². The first-order chi connectivity index (χ1) is 14.7. The van der Waals surface area contributed by atoms with Gasteiger partial charge in [0.1, 0.15) is 10.8 Å². The molecule has 0 radical (unpaired) electrons. The number of halogens is 1. The number of thiazole rings is 1. The molecule has 5 aromatic rings. The van der Waals surface area contributed by atoms with Crippen molar-refractivity contribution in [2.45, 2.75) is 6.42 Å². The molecule has 0 aliphatic rings. The van der Waals surface area contributed by atoms with Crippen molar-refractivity contribution in [3.63, 3.8) is 0 Å². The Morgan fingerprint density at radius 3 is 2.80 bits per heavy atom. The van der Waals surface area contributed by atoms with Crippen molar-refractivity contribution in [2.24, 2.45) is 0 Å². The van der Waals surface area contributed by atoms with Crippen molar-refractivity contribution in [3.8, 4) is 0 Å². The van der Waals surface area contributed by atoms with E-state index in [2.05, 4.69) is 15.3 Å². The summed E-state index contributed by atoms with van der Waals surface area (Å²) in [5.74, 6) is 0.705. The Balaban J connectivity index is 1.61. The van der Waals surface area contributed by atoms with Gasteiger partial charge in [0.15, 0.2) is 5.78 Å². The summed E-state index contributed by atoms with van der Waals surface area (Å²) in [6.07, 6.45) is 5.55. The van der Waals surface area contributed by atoms with Crippen LogP contribution in [0, 0.1) is 0 Å². The molecule has 0 fully saturated rings. The van der Waals surface area contributed by atoms with E-state index in [1.807, 2.05) is 60.1 Å². The number of nitrogens with one attached hydrogen (secondary N) is 1. The van der Waals surface area contributed by atoms with Gasteiger partial charge in [-0.05, 0) is 30.3 Å². The number of carbonyl (C=O) groups is 1. The Morgan fingerprint density at radius 2 is 1.97 bits per heavy atom. The van der Waals surface area contributed by atoms with Crippen LogP contribution in [0.1, 0.15) is 15.4 Å². The lowest BCUT2D eigenvalue weighted by Gasteiger charge is -2.12. The highest BCUT2D eigenvalue weighted by Gasteiger charge is 2.13. The number of pyridine rings is 2. The predicted octanol–water partition coefficient (Wildman–Crippen LogP) is 6.06. The van der Waals surface area contributed by atoms with E-state index >= 15 is 0 Å². The van der Waals surface area contributed by atoms with E-state index in [0.29, 0.717) is 16.4 Å². The summed E-state index contributed by atoms with van der Waals surface area (Å²) in [4.78, 5) is 26.0. The fourth-order valence-corrected chi connectivity index (χ4v) is 4.20. The minimum absolute atomic E-state index is 0.0179. The molecule has 0 spiro atoms. The second-order valence-electron chi connectivity index (χ2n) is 6.77. The molecule has 5 rings (SSSR count). The third-order valence-corrected chi connectivity index (χ3v) is 5.82. The number of hydrogen-bond acceptors (Lipinski definition) is 6. The maximum Gasteiger partial charge on any atom is 0.169 e. The molecule has 0 saturated heterocycles. The van der Waals surface area contributed by atoms with Crippen LogP contribution >= 0.6 is 22.9 Å². The molecule has 0 saturated carbocycles. The number of rotatable bonds is 5. The van der Waals surface area contributed by atoms with Crippen molar-refractivity contribution >= 4 is 61.9 Å². The smallest absolute Gasteiger partial charge is 0.169 e. The molecule has 0 atom stereocenters. The van der Waals surface area contributed by atoms with E-state index in [9.17, 15) is 4.79 Å². The van der Waals surface area contributed by atoms with Gasteiger partial charge in [0.05, 0.1) is 11.9 Å². The Hall–Kier alpha value is -3.35. The van der Waals surface area contributed by atoms with Gasteiger partial charge in [-0.25, -0.2) is 9.97 Å². The molecular formula is C23H15ClN4OS. The Labute approximate surface area is 181 Å². The normalized spacial score (nSPS) is 11.1. The van der Waals surface area contributed by atoms with E-state index in [-0.39, 0.29) is 12.2 Å². The van der Waals surface area contributed by atoms with Crippen molar-refractivity contribution in [1.29, 1.82) is 0 Å². The molecule has 0 aliphatic carbocycles. The predicted molar refractivity (Wildman–Crippen MR) is 122 cm³/mol. The van der Waals surface area contributed by atoms with Crippen molar-refractivity contribution in [1.82, 2.24) is 15.0 Å². The number of carbonyl (C=O) groups excluding carboxylic acids is 1. The van der Waals surface area contributed by atoms with Crippen LogP contribution in [0.3, 0.4) is 0 Å². The molecule has 7 heteroatoms. The number of Topliss-reactive ketones (excluding diaryl/α,β-unsaturated/α-hetero) is 1. The Bertz CT molecular complexity index is 1390. The van der Waals surface area contributed by atoms with Gasteiger partial charge in [-0.2, -0.15) is 0 Å². The largest absolute Gasteiger partial charge is 0.340 e. The number of fused-ring (bicyclic) bond motifs is 3. The van der Waals surface area contributed by atoms with Gasteiger partial charge in [0.2, 0.25) is 0 Å². The summed E-state index contributed by atoms with van der Waals surface area (Å²) in [6.45, 7) is 0. The topological polar surface area (TPSA) is 67.8 Å². The number of aromatic nitrogens is 3. The highest BCUT2D eigenvalue weighted by Crippen LogP contribution is 2.31. The minimum atomic E-state index is 0.0179. The zero-order valence-electron chi connectivity index (χ0n) is 15.7. The van der Waals surface area contributed by atoms with Crippen molar-refractivity contribution in [3.05, 3.63) is 88.1 Å². The minimum Gasteiger partial charge on any atom is -0.340 e. The zero-order valence-corrected chi connectivity index (χ0v) is 17.2. The van der Waals surface area contributed by atoms with Gasteiger partial charge in [-0.3, -0.25) is 9.78 Å². The summed E-state index contributed by atoms with van der Waals surface area (Å²) in [6, 6.07) is 15.0. The van der Waals surface area contributed by atoms with Crippen LogP contribution in [-0.2, 0) is 6.42 Å². The number of anilines is 2. The summed E-state index contributed by atoms with van der Waals surface area (Å²) in [5.41, 5.74) is 2.18. The molecule has 1 N–H and O–H groups in total. The third-order valence-electron chi connectivity index (χ3n) is 4.80. The maximum absolute atomic E-state index is 12.7. The lowest BCUT2D eigenvalue weighted by atomic mass is 10.0. The molecule has 0 bridgehead atoms. The molecule has 5 nitrogen and oxygen atoms in total. The van der Waals surface area contributed by atoms with Crippen LogP contribution in [0.2, 0.25) is 5.02 Å². The fourth-order valence-electron chi connectivity index (χ4n) is 3.40. The highest BCUT2D eigenvalue weighted by atomic mass is 35.5. The molecule has 3 heterocycles. The monoisotopic (exact) mass is 430 g/mol. The summed E-state index contributed by atoms with van der Waals surface area (Å²) < 4.78 is 0. The summed E-state index contributed by atoms with van der Waals surface area (Å²) in [5, 5.41) is 9.52. The number of hydrogen-bond donors (Lipinski definition) is 1. The zero-order chi connectivity index (χ0) is 20.5. The molecule has 2 aromatic carbocycles. The van der Waals surface area contributed by atoms with Gasteiger partial charge in [-0.1, -0.05) is 29.8 Å². The van der Waals surface area contributed by atoms with Crippen LogP contribution in [0.5, 0.6) is 0 Å². The number of benzene rings is 2. The molecule has 30 heavy (non-hydrogen) atoms. The first kappa shape index (κ1) is 18.7. The van der Waals surface area contributed by atoms with Crippen molar-refractivity contribution < 1.29 is 4.79 Å². The fraction of sp³-hybridized carbons (Fsp3) is 0.0435. The highest BCUT2D eigenvalue weighted by molar-refractivity contribution is 7.09.